The molecule has 1 N–H and O–H groups in total. The number of imidazole rings is 1. The fourth-order valence-corrected chi connectivity index (χ4v) is 5.58. The van der Waals surface area contributed by atoms with Crippen molar-refractivity contribution < 1.29 is 4.39 Å². The van der Waals surface area contributed by atoms with E-state index in [1.165, 1.54) is 18.2 Å². The predicted molar refractivity (Wildman–Crippen MR) is 136 cm³/mol. The van der Waals surface area contributed by atoms with Crippen LogP contribution >= 0.6 is 0 Å². The van der Waals surface area contributed by atoms with Crippen molar-refractivity contribution >= 4 is 22.9 Å². The van der Waals surface area contributed by atoms with E-state index < -0.39 is 5.82 Å². The van der Waals surface area contributed by atoms with Crippen molar-refractivity contribution in [2.45, 2.75) is 51.9 Å². The van der Waals surface area contributed by atoms with Crippen molar-refractivity contribution in [1.82, 2.24) is 39.3 Å². The summed E-state index contributed by atoms with van der Waals surface area (Å²) in [5.41, 5.74) is 3.41. The van der Waals surface area contributed by atoms with Crippen LogP contribution in [0.4, 0.5) is 16.2 Å². The molecule has 2 aliphatic heterocycles. The Morgan fingerprint density at radius 3 is 2.61 bits per heavy atom. The highest BCUT2D eigenvalue weighted by atomic mass is 19.1. The van der Waals surface area contributed by atoms with E-state index in [4.69, 9.17) is 0 Å². The molecular weight excluding hydrogens is 457 g/mol. The molecule has 0 saturated carbocycles. The van der Waals surface area contributed by atoms with Gasteiger partial charge in [0, 0.05) is 55.7 Å². The van der Waals surface area contributed by atoms with Gasteiger partial charge in [-0.05, 0) is 51.9 Å². The van der Waals surface area contributed by atoms with Gasteiger partial charge in [0.1, 0.15) is 17.3 Å². The molecule has 186 valence electrons. The first-order valence-electron chi connectivity index (χ1n) is 12.4. The van der Waals surface area contributed by atoms with E-state index >= 15 is 0 Å². The number of fused-ring (bicyclic) bond motifs is 3. The van der Waals surface area contributed by atoms with Crippen LogP contribution in [0.25, 0.3) is 22.4 Å². The highest BCUT2D eigenvalue weighted by Crippen LogP contribution is 2.31. The van der Waals surface area contributed by atoms with Gasteiger partial charge < -0.3 is 14.8 Å². The molecule has 9 nitrogen and oxygen atoms in total. The highest BCUT2D eigenvalue weighted by molar-refractivity contribution is 5.78. The van der Waals surface area contributed by atoms with Gasteiger partial charge in [0.15, 0.2) is 11.5 Å². The molecule has 1 unspecified atom stereocenters. The van der Waals surface area contributed by atoms with Crippen molar-refractivity contribution in [3.8, 4) is 11.3 Å². The molecule has 2 atom stereocenters. The molecule has 2 saturated heterocycles. The van der Waals surface area contributed by atoms with Gasteiger partial charge in [0.2, 0.25) is 5.95 Å². The summed E-state index contributed by atoms with van der Waals surface area (Å²) in [6.45, 7) is 9.28. The van der Waals surface area contributed by atoms with E-state index in [0.29, 0.717) is 29.1 Å². The van der Waals surface area contributed by atoms with Crippen LogP contribution in [-0.2, 0) is 6.54 Å². The van der Waals surface area contributed by atoms with Gasteiger partial charge in [-0.25, -0.2) is 29.3 Å². The maximum atomic E-state index is 14.8. The topological polar surface area (TPSA) is 87.9 Å². The number of nitrogens with one attached hydrogen (secondary N) is 1. The molecule has 0 spiro atoms. The van der Waals surface area contributed by atoms with E-state index in [-0.39, 0.29) is 17.7 Å². The smallest absolute Gasteiger partial charge is 0.229 e. The Morgan fingerprint density at radius 2 is 1.92 bits per heavy atom. The highest BCUT2D eigenvalue weighted by Gasteiger charge is 2.41. The summed E-state index contributed by atoms with van der Waals surface area (Å²) in [5.74, 6) is 1.25. The summed E-state index contributed by atoms with van der Waals surface area (Å²) in [7, 11) is 2.21. The van der Waals surface area contributed by atoms with Crippen molar-refractivity contribution in [3.63, 3.8) is 0 Å². The minimum atomic E-state index is -0.511. The third-order valence-corrected chi connectivity index (χ3v) is 7.34. The minimum Gasteiger partial charge on any atom is -0.324 e. The summed E-state index contributed by atoms with van der Waals surface area (Å²) in [4.78, 5) is 27.1. The van der Waals surface area contributed by atoms with Crippen LogP contribution < -0.4 is 5.32 Å². The Hall–Kier alpha value is -3.50. The number of halogens is 1. The lowest BCUT2D eigenvalue weighted by Crippen LogP contribution is -2.43. The minimum absolute atomic E-state index is 0.182. The van der Waals surface area contributed by atoms with Crippen LogP contribution in [-0.4, -0.2) is 71.5 Å². The molecule has 2 bridgehead atoms. The van der Waals surface area contributed by atoms with E-state index in [2.05, 4.69) is 71.6 Å². The molecule has 10 heteroatoms. The SMILES string of the molecule is Cc1nc2ncc(-c3nc(Nc4ccc(CN5CC6C[C@H]5CN6C)cn4)ncc3F)cc2n1C(C)C. The van der Waals surface area contributed by atoms with Crippen LogP contribution in [0, 0.1) is 12.7 Å². The van der Waals surface area contributed by atoms with Crippen molar-refractivity contribution in [2.24, 2.45) is 0 Å². The van der Waals surface area contributed by atoms with Gasteiger partial charge in [-0.15, -0.1) is 0 Å². The largest absolute Gasteiger partial charge is 0.324 e. The third kappa shape index (κ3) is 4.10. The van der Waals surface area contributed by atoms with Crippen molar-refractivity contribution in [2.75, 3.05) is 25.5 Å². The average molecular weight is 488 g/mol. The quantitative estimate of drug-likeness (QED) is 0.438. The zero-order valence-electron chi connectivity index (χ0n) is 21.0. The fourth-order valence-electron chi connectivity index (χ4n) is 5.58. The number of anilines is 2. The number of rotatable bonds is 6. The zero-order chi connectivity index (χ0) is 25.0. The number of aryl methyl sites for hydroxylation is 1. The number of likely N-dealkylation sites (N-methyl/N-ethyl adjacent to an activating group) is 1. The van der Waals surface area contributed by atoms with Gasteiger partial charge in [-0.1, -0.05) is 6.07 Å². The first-order valence-corrected chi connectivity index (χ1v) is 12.4. The maximum Gasteiger partial charge on any atom is 0.229 e. The van der Waals surface area contributed by atoms with Gasteiger partial charge in [0.05, 0.1) is 11.7 Å². The Kier molecular flexibility index (Phi) is 5.65. The summed E-state index contributed by atoms with van der Waals surface area (Å²) in [6.07, 6.45) is 5.92. The maximum absolute atomic E-state index is 14.8. The summed E-state index contributed by atoms with van der Waals surface area (Å²) in [5, 5.41) is 3.11. The summed E-state index contributed by atoms with van der Waals surface area (Å²) >= 11 is 0. The summed E-state index contributed by atoms with van der Waals surface area (Å²) < 4.78 is 16.9. The second-order valence-corrected chi connectivity index (χ2v) is 10.2. The molecule has 0 aromatic carbocycles. The van der Waals surface area contributed by atoms with Crippen molar-refractivity contribution in [1.29, 1.82) is 0 Å². The Bertz CT molecular complexity index is 1410. The number of pyridine rings is 2. The normalized spacial score (nSPS) is 20.2. The fraction of sp³-hybridized carbons (Fsp3) is 0.423. The lowest BCUT2D eigenvalue weighted by atomic mass is 10.2. The van der Waals surface area contributed by atoms with Crippen LogP contribution in [0.3, 0.4) is 0 Å². The Balaban J connectivity index is 1.20. The molecule has 4 aromatic rings. The lowest BCUT2D eigenvalue weighted by Gasteiger charge is -2.31. The molecule has 0 aliphatic carbocycles. The molecule has 4 aromatic heterocycles. The number of likely N-dealkylation sites (tertiary alicyclic amines) is 2. The van der Waals surface area contributed by atoms with E-state index in [0.717, 1.165) is 31.0 Å². The van der Waals surface area contributed by atoms with Gasteiger partial charge in [-0.3, -0.25) is 4.90 Å². The number of hydrogen-bond acceptors (Lipinski definition) is 8. The van der Waals surface area contributed by atoms with Gasteiger partial charge in [-0.2, -0.15) is 0 Å². The predicted octanol–water partition coefficient (Wildman–Crippen LogP) is 3.94. The second-order valence-electron chi connectivity index (χ2n) is 10.2. The Morgan fingerprint density at radius 1 is 1.06 bits per heavy atom. The molecule has 6 rings (SSSR count). The average Bonchev–Trinajstić information content (AvgIpc) is 3.52. The van der Waals surface area contributed by atoms with Crippen LogP contribution in [0.5, 0.6) is 0 Å². The molecule has 2 aliphatic rings. The molecule has 6 heterocycles. The first kappa shape index (κ1) is 22.9. The monoisotopic (exact) mass is 487 g/mol. The van der Waals surface area contributed by atoms with E-state index in [1.54, 1.807) is 6.20 Å². The molecular formula is C26H30FN9. The summed E-state index contributed by atoms with van der Waals surface area (Å²) in [6, 6.07) is 7.39. The molecule has 0 amide bonds. The molecule has 2 fully saturated rings. The van der Waals surface area contributed by atoms with Crippen LogP contribution in [0.15, 0.2) is 36.8 Å². The number of aromatic nitrogens is 6. The van der Waals surface area contributed by atoms with E-state index in [9.17, 15) is 4.39 Å². The molecule has 36 heavy (non-hydrogen) atoms. The number of piperazine rings is 1. The third-order valence-electron chi connectivity index (χ3n) is 7.34. The van der Waals surface area contributed by atoms with Gasteiger partial charge >= 0.3 is 0 Å². The van der Waals surface area contributed by atoms with E-state index in [1.807, 2.05) is 25.3 Å². The molecule has 0 radical (unpaired) electrons. The second kappa shape index (κ2) is 8.86. The van der Waals surface area contributed by atoms with Gasteiger partial charge in [0.25, 0.3) is 0 Å². The number of nitrogens with zero attached hydrogens (tertiary/aromatic N) is 8. The first-order chi connectivity index (χ1) is 17.4. The Labute approximate surface area is 209 Å². The number of hydrogen-bond donors (Lipinski definition) is 1. The zero-order valence-corrected chi connectivity index (χ0v) is 21.0. The van der Waals surface area contributed by atoms with Crippen LogP contribution in [0.2, 0.25) is 0 Å². The lowest BCUT2D eigenvalue weighted by molar-refractivity contribution is 0.143. The van der Waals surface area contributed by atoms with Crippen molar-refractivity contribution in [3.05, 3.63) is 54.0 Å². The van der Waals surface area contributed by atoms with Crippen LogP contribution in [0.1, 0.15) is 37.7 Å². The standard InChI is InChI=1S/C26H30FN9/c1-15(2)36-16(3)31-25-22(36)7-18(10-29-25)24-21(27)11-30-26(33-24)32-23-6-5-17(9-28-23)12-35-14-19-8-20(35)13-34(19)4/h5-7,9-11,15,19-20H,8,12-14H2,1-4H3,(H,28,30,32,33)/t19?,20-/m0/s1.